The molecule has 1 aliphatic heterocycles. The predicted octanol–water partition coefficient (Wildman–Crippen LogP) is -1.64. The molecule has 21 nitrogen and oxygen atoms in total. The van der Waals surface area contributed by atoms with E-state index >= 15 is 0 Å². The van der Waals surface area contributed by atoms with Crippen molar-refractivity contribution in [3.63, 3.8) is 0 Å². The Labute approximate surface area is 272 Å². The molecule has 0 aromatic heterocycles. The number of ether oxygens (including phenoxy) is 4. The van der Waals surface area contributed by atoms with E-state index in [4.69, 9.17) is 58.6 Å². The molecule has 0 spiro atoms. The molecular formula is C27H39NO20. The van der Waals surface area contributed by atoms with E-state index < -0.39 is 102 Å². The lowest BCUT2D eigenvalue weighted by Crippen LogP contribution is -2.63. The molecular weight excluding hydrogens is 658 g/mol. The van der Waals surface area contributed by atoms with Gasteiger partial charge in [0.05, 0.1) is 6.61 Å². The van der Waals surface area contributed by atoms with Crippen molar-refractivity contribution in [2.75, 3.05) is 6.61 Å². The molecule has 272 valence electrons. The monoisotopic (exact) mass is 697 g/mol. The molecule has 0 unspecified atom stereocenters. The lowest BCUT2D eigenvalue weighted by molar-refractivity contribution is -0.233. The Kier molecular flexibility index (Phi) is 23.6. The number of rotatable bonds is 6. The van der Waals surface area contributed by atoms with Crippen LogP contribution in [0.25, 0.3) is 0 Å². The molecule has 2 rings (SSSR count). The van der Waals surface area contributed by atoms with Crippen LogP contribution in [0.1, 0.15) is 58.8 Å². The number of carbonyl (C=O) groups is 8. The average molecular weight is 698 g/mol. The molecule has 9 N–H and O–H groups in total. The summed E-state index contributed by atoms with van der Waals surface area (Å²) in [5, 5.41) is 70.9. The summed E-state index contributed by atoms with van der Waals surface area (Å²) in [5.74, 6) is -8.03. The SMILES string of the molecule is CC(=O)O.CC(=O)O.CC(=O)O.CC(=O)O.CC(=O)Oc1cc(C(=O)N[C@@H]2O[C@H](CO)[C@@H](O)[C@H](O)[C@H]2O)cc(OC(C)=O)c1OC(C)=O. The maximum atomic E-state index is 12.8. The third-order valence-electron chi connectivity index (χ3n) is 4.20. The molecule has 1 saturated heterocycles. The van der Waals surface area contributed by atoms with Crippen LogP contribution in [0.15, 0.2) is 12.1 Å². The standard InChI is InChI=1S/C19H23NO12.4C2H4O2/c1-7(22)29-11-4-10(5-12(30-8(2)23)17(11)31-9(3)24)18(28)20-19-16(27)15(26)14(25)13(6-21)32-19;4*1-2(3)4/h4-5,13-16,19,21,25-27H,6H2,1-3H3,(H,20,28);4*1H3,(H,3,4)/t13-,14-,15+,16-,19-;;;;/m1..../s1. The van der Waals surface area contributed by atoms with Crippen molar-refractivity contribution in [1.29, 1.82) is 0 Å². The van der Waals surface area contributed by atoms with Crippen LogP contribution in [0, 0.1) is 0 Å². The Morgan fingerprint density at radius 3 is 1.25 bits per heavy atom. The summed E-state index contributed by atoms with van der Waals surface area (Å²) in [6.45, 7) is 6.77. The molecule has 0 radical (unpaired) electrons. The van der Waals surface area contributed by atoms with Crippen molar-refractivity contribution in [3.8, 4) is 17.2 Å². The van der Waals surface area contributed by atoms with Gasteiger partial charge in [-0.3, -0.25) is 38.4 Å². The second kappa shape index (κ2) is 24.0. The summed E-state index contributed by atoms with van der Waals surface area (Å²) in [6, 6.07) is 2.01. The molecule has 1 heterocycles. The van der Waals surface area contributed by atoms with Crippen LogP contribution < -0.4 is 19.5 Å². The number of benzene rings is 1. The smallest absolute Gasteiger partial charge is 0.308 e. The van der Waals surface area contributed by atoms with Gasteiger partial charge in [-0.2, -0.15) is 0 Å². The van der Waals surface area contributed by atoms with E-state index in [1.54, 1.807) is 0 Å². The van der Waals surface area contributed by atoms with E-state index in [2.05, 4.69) is 5.32 Å². The highest BCUT2D eigenvalue weighted by molar-refractivity contribution is 5.96. The van der Waals surface area contributed by atoms with Gasteiger partial charge >= 0.3 is 17.9 Å². The lowest BCUT2D eigenvalue weighted by Gasteiger charge is -2.40. The molecule has 21 heteroatoms. The number of carboxylic acid groups (broad SMARTS) is 4. The first-order chi connectivity index (χ1) is 21.9. The van der Waals surface area contributed by atoms with Crippen molar-refractivity contribution in [3.05, 3.63) is 17.7 Å². The summed E-state index contributed by atoms with van der Waals surface area (Å²) in [6.07, 6.45) is -7.92. The molecule has 5 atom stereocenters. The Morgan fingerprint density at radius 1 is 0.625 bits per heavy atom. The van der Waals surface area contributed by atoms with Gasteiger partial charge in [-0.05, 0) is 12.1 Å². The summed E-state index contributed by atoms with van der Waals surface area (Å²) in [4.78, 5) is 83.1. The Balaban J connectivity index is -0.00000105. The zero-order valence-electron chi connectivity index (χ0n) is 26.7. The zero-order chi connectivity index (χ0) is 38.5. The second-order valence-corrected chi connectivity index (χ2v) is 8.88. The van der Waals surface area contributed by atoms with Crippen LogP contribution in [-0.4, -0.2) is 126 Å². The van der Waals surface area contributed by atoms with Crippen LogP contribution in [0.2, 0.25) is 0 Å². The van der Waals surface area contributed by atoms with E-state index in [-0.39, 0.29) is 5.56 Å². The van der Waals surface area contributed by atoms with Crippen molar-refractivity contribution >= 4 is 47.7 Å². The van der Waals surface area contributed by atoms with E-state index in [0.29, 0.717) is 0 Å². The molecule has 48 heavy (non-hydrogen) atoms. The fourth-order valence-electron chi connectivity index (χ4n) is 2.85. The van der Waals surface area contributed by atoms with E-state index in [9.17, 15) is 39.6 Å². The maximum absolute atomic E-state index is 12.8. The Hall–Kier alpha value is -5.22. The lowest BCUT2D eigenvalue weighted by atomic mass is 9.98. The number of carboxylic acids is 4. The number of carbonyl (C=O) groups excluding carboxylic acids is 4. The fourth-order valence-corrected chi connectivity index (χ4v) is 2.85. The third kappa shape index (κ3) is 23.2. The van der Waals surface area contributed by atoms with Gasteiger partial charge in [0, 0.05) is 54.0 Å². The van der Waals surface area contributed by atoms with Crippen LogP contribution in [0.4, 0.5) is 0 Å². The Bertz CT molecular complexity index is 1170. The van der Waals surface area contributed by atoms with Gasteiger partial charge in [-0.15, -0.1) is 0 Å². The highest BCUT2D eigenvalue weighted by Gasteiger charge is 2.44. The summed E-state index contributed by atoms with van der Waals surface area (Å²) in [7, 11) is 0. The van der Waals surface area contributed by atoms with Gasteiger partial charge in [-0.1, -0.05) is 0 Å². The van der Waals surface area contributed by atoms with Gasteiger partial charge in [-0.25, -0.2) is 0 Å². The minimum absolute atomic E-state index is 0.273. The van der Waals surface area contributed by atoms with Crippen molar-refractivity contribution in [2.24, 2.45) is 0 Å². The highest BCUT2D eigenvalue weighted by Crippen LogP contribution is 2.39. The van der Waals surface area contributed by atoms with Gasteiger partial charge in [0.25, 0.3) is 29.8 Å². The summed E-state index contributed by atoms with van der Waals surface area (Å²) < 4.78 is 20.1. The number of nitrogens with one attached hydrogen (secondary N) is 1. The topological polar surface area (TPSA) is 347 Å². The number of hydrogen-bond donors (Lipinski definition) is 9. The summed E-state index contributed by atoms with van der Waals surface area (Å²) >= 11 is 0. The predicted molar refractivity (Wildman–Crippen MR) is 155 cm³/mol. The number of aliphatic hydroxyl groups is 4. The van der Waals surface area contributed by atoms with Crippen LogP contribution in [-0.2, 0) is 38.3 Å². The van der Waals surface area contributed by atoms with Crippen molar-refractivity contribution < 1.29 is 98.2 Å². The minimum atomic E-state index is -1.75. The fraction of sp³-hybridized carbons (Fsp3) is 0.481. The largest absolute Gasteiger partial charge is 0.481 e. The Morgan fingerprint density at radius 2 is 0.958 bits per heavy atom. The number of amides is 1. The van der Waals surface area contributed by atoms with Crippen LogP contribution >= 0.6 is 0 Å². The van der Waals surface area contributed by atoms with Gasteiger partial charge in [0.1, 0.15) is 24.4 Å². The first kappa shape index (κ1) is 47.2. The third-order valence-corrected chi connectivity index (χ3v) is 4.20. The van der Waals surface area contributed by atoms with Gasteiger partial charge < -0.3 is 65.1 Å². The molecule has 1 aromatic carbocycles. The molecule has 0 bridgehead atoms. The quantitative estimate of drug-likeness (QED) is 0.119. The molecule has 1 fully saturated rings. The molecule has 1 aromatic rings. The first-order valence-electron chi connectivity index (χ1n) is 13.0. The van der Waals surface area contributed by atoms with Gasteiger partial charge in [0.15, 0.2) is 17.7 Å². The maximum Gasteiger partial charge on any atom is 0.308 e. The molecule has 0 aliphatic carbocycles. The molecule has 1 aliphatic rings. The van der Waals surface area contributed by atoms with Crippen LogP contribution in [0.3, 0.4) is 0 Å². The summed E-state index contributed by atoms with van der Waals surface area (Å²) in [5.41, 5.74) is -0.273. The van der Waals surface area contributed by atoms with Crippen LogP contribution in [0.5, 0.6) is 17.2 Å². The minimum Gasteiger partial charge on any atom is -0.481 e. The molecule has 1 amide bonds. The van der Waals surface area contributed by atoms with Gasteiger partial charge in [0.2, 0.25) is 5.75 Å². The highest BCUT2D eigenvalue weighted by atomic mass is 16.6. The normalized spacial score (nSPS) is 18.7. The number of hydrogen-bond acceptors (Lipinski definition) is 16. The number of aliphatic carboxylic acids is 4. The molecule has 0 saturated carbocycles. The second-order valence-electron chi connectivity index (χ2n) is 8.88. The average Bonchev–Trinajstić information content (AvgIpc) is 2.88. The first-order valence-corrected chi connectivity index (χ1v) is 13.0. The van der Waals surface area contributed by atoms with E-state index in [1.807, 2.05) is 0 Å². The number of esters is 3. The van der Waals surface area contributed by atoms with Crippen molar-refractivity contribution in [1.82, 2.24) is 5.32 Å². The van der Waals surface area contributed by atoms with E-state index in [0.717, 1.165) is 60.6 Å². The zero-order valence-corrected chi connectivity index (χ0v) is 26.7. The number of aliphatic hydroxyl groups excluding tert-OH is 4. The van der Waals surface area contributed by atoms with Crippen molar-refractivity contribution in [2.45, 2.75) is 79.1 Å². The van der Waals surface area contributed by atoms with E-state index in [1.165, 1.54) is 0 Å².